The van der Waals surface area contributed by atoms with Crippen LogP contribution in [-0.4, -0.2) is 44.1 Å². The van der Waals surface area contributed by atoms with Crippen molar-refractivity contribution >= 4 is 11.7 Å². The van der Waals surface area contributed by atoms with Crippen LogP contribution in [0.25, 0.3) is 0 Å². The quantitative estimate of drug-likeness (QED) is 0.500. The molecule has 0 amide bonds. The number of carboxylic acid groups (broad SMARTS) is 1. The number of ether oxygens (including phenoxy) is 3. The molecule has 0 aliphatic heterocycles. The molecule has 6 nitrogen and oxygen atoms in total. The Morgan fingerprint density at radius 1 is 1.06 bits per heavy atom. The summed E-state index contributed by atoms with van der Waals surface area (Å²) in [7, 11) is 0. The maximum absolute atomic E-state index is 10.1. The molecule has 1 aromatic carbocycles. The summed E-state index contributed by atoms with van der Waals surface area (Å²) in [6.45, 7) is 1.14. The van der Waals surface area contributed by atoms with E-state index in [1.54, 1.807) is 24.3 Å². The highest BCUT2D eigenvalue weighted by molar-refractivity contribution is 5.67. The fraction of sp³-hybridized carbons (Fsp3) is 0.417. The lowest BCUT2D eigenvalue weighted by Gasteiger charge is -2.07. The first-order chi connectivity index (χ1) is 8.68. The molecule has 0 bridgehead atoms. The molecule has 100 valence electrons. The van der Waals surface area contributed by atoms with Gasteiger partial charge in [0.05, 0.1) is 19.8 Å². The first-order valence-corrected chi connectivity index (χ1v) is 5.54. The van der Waals surface area contributed by atoms with E-state index in [9.17, 15) is 4.79 Å². The van der Waals surface area contributed by atoms with E-state index >= 15 is 0 Å². The second-order valence-electron chi connectivity index (χ2n) is 3.48. The first kappa shape index (κ1) is 14.3. The van der Waals surface area contributed by atoms with Gasteiger partial charge in [-0.25, -0.2) is 4.79 Å². The van der Waals surface area contributed by atoms with E-state index < -0.39 is 5.97 Å². The zero-order chi connectivity index (χ0) is 13.2. The number of carboxylic acids is 1. The first-order valence-electron chi connectivity index (χ1n) is 5.54. The van der Waals surface area contributed by atoms with Gasteiger partial charge in [-0.05, 0) is 24.3 Å². The number of aliphatic carboxylic acids is 1. The van der Waals surface area contributed by atoms with Gasteiger partial charge >= 0.3 is 5.97 Å². The van der Waals surface area contributed by atoms with E-state index in [1.807, 2.05) is 0 Å². The second-order valence-corrected chi connectivity index (χ2v) is 3.48. The van der Waals surface area contributed by atoms with Crippen LogP contribution in [0.5, 0.6) is 5.75 Å². The maximum Gasteiger partial charge on any atom is 0.329 e. The minimum Gasteiger partial charge on any atom is -0.491 e. The van der Waals surface area contributed by atoms with Crippen LogP contribution in [0, 0.1) is 0 Å². The molecule has 0 atom stereocenters. The van der Waals surface area contributed by atoms with Gasteiger partial charge < -0.3 is 25.1 Å². The zero-order valence-electron chi connectivity index (χ0n) is 10.0. The third-order valence-electron chi connectivity index (χ3n) is 1.97. The summed E-state index contributed by atoms with van der Waals surface area (Å²) < 4.78 is 15.4. The number of carbonyl (C=O) groups is 1. The Kier molecular flexibility index (Phi) is 6.60. The fourth-order valence-electron chi connectivity index (χ4n) is 1.16. The van der Waals surface area contributed by atoms with E-state index in [1.165, 1.54) is 0 Å². The van der Waals surface area contributed by atoms with E-state index in [-0.39, 0.29) is 13.2 Å². The highest BCUT2D eigenvalue weighted by atomic mass is 16.5. The maximum atomic E-state index is 10.1. The summed E-state index contributed by atoms with van der Waals surface area (Å²) in [4.78, 5) is 10.1. The summed E-state index contributed by atoms with van der Waals surface area (Å²) in [5, 5.41) is 8.31. The molecule has 0 radical (unpaired) electrons. The second kappa shape index (κ2) is 8.32. The largest absolute Gasteiger partial charge is 0.491 e. The van der Waals surface area contributed by atoms with Crippen LogP contribution in [0.3, 0.4) is 0 Å². The van der Waals surface area contributed by atoms with Crippen LogP contribution >= 0.6 is 0 Å². The highest BCUT2D eigenvalue weighted by Crippen LogP contribution is 2.12. The van der Waals surface area contributed by atoms with Gasteiger partial charge in [0.2, 0.25) is 0 Å². The number of anilines is 1. The van der Waals surface area contributed by atoms with Gasteiger partial charge in [0.15, 0.2) is 0 Å². The Morgan fingerprint density at radius 3 is 2.33 bits per heavy atom. The van der Waals surface area contributed by atoms with Gasteiger partial charge in [0, 0.05) is 5.69 Å². The summed E-state index contributed by atoms with van der Waals surface area (Å²) in [6.07, 6.45) is 0. The lowest BCUT2D eigenvalue weighted by molar-refractivity contribution is -0.142. The SMILES string of the molecule is Nc1ccc(OCCOCCOCC(=O)O)cc1. The van der Waals surface area contributed by atoms with E-state index in [2.05, 4.69) is 0 Å². The molecule has 0 fully saturated rings. The minimum atomic E-state index is -0.985. The fourth-order valence-corrected chi connectivity index (χ4v) is 1.16. The normalized spacial score (nSPS) is 10.2. The number of nitrogen functional groups attached to an aromatic ring is 1. The molecule has 0 unspecified atom stereocenters. The molecular weight excluding hydrogens is 238 g/mol. The number of hydrogen-bond acceptors (Lipinski definition) is 5. The van der Waals surface area contributed by atoms with Crippen molar-refractivity contribution in [3.8, 4) is 5.75 Å². The van der Waals surface area contributed by atoms with Crippen molar-refractivity contribution < 1.29 is 24.1 Å². The predicted molar refractivity (Wildman–Crippen MR) is 65.6 cm³/mol. The lowest BCUT2D eigenvalue weighted by Crippen LogP contribution is -2.13. The summed E-state index contributed by atoms with van der Waals surface area (Å²) >= 11 is 0. The molecule has 0 aliphatic carbocycles. The van der Waals surface area contributed by atoms with Crippen LogP contribution in [-0.2, 0) is 14.3 Å². The third-order valence-corrected chi connectivity index (χ3v) is 1.97. The van der Waals surface area contributed by atoms with Gasteiger partial charge in [0.1, 0.15) is 19.0 Å². The minimum absolute atomic E-state index is 0.258. The van der Waals surface area contributed by atoms with Crippen molar-refractivity contribution in [1.29, 1.82) is 0 Å². The molecule has 0 aliphatic rings. The molecule has 0 heterocycles. The van der Waals surface area contributed by atoms with E-state index in [0.717, 1.165) is 5.75 Å². The van der Waals surface area contributed by atoms with Crippen molar-refractivity contribution in [2.45, 2.75) is 0 Å². The van der Waals surface area contributed by atoms with Crippen molar-refractivity contribution in [2.24, 2.45) is 0 Å². The topological polar surface area (TPSA) is 91.0 Å². The molecule has 18 heavy (non-hydrogen) atoms. The highest BCUT2D eigenvalue weighted by Gasteiger charge is 1.96. The molecule has 0 aromatic heterocycles. The summed E-state index contributed by atoms with van der Waals surface area (Å²) in [5.41, 5.74) is 6.22. The average Bonchev–Trinajstić information content (AvgIpc) is 2.34. The number of benzene rings is 1. The van der Waals surface area contributed by atoms with E-state index in [4.69, 9.17) is 25.1 Å². The van der Waals surface area contributed by atoms with E-state index in [0.29, 0.717) is 25.5 Å². The van der Waals surface area contributed by atoms with Crippen LogP contribution in [0.2, 0.25) is 0 Å². The third kappa shape index (κ3) is 6.72. The lowest BCUT2D eigenvalue weighted by atomic mass is 10.3. The number of rotatable bonds is 9. The monoisotopic (exact) mass is 255 g/mol. The van der Waals surface area contributed by atoms with Crippen molar-refractivity contribution in [3.63, 3.8) is 0 Å². The van der Waals surface area contributed by atoms with Crippen LogP contribution in [0.4, 0.5) is 5.69 Å². The van der Waals surface area contributed by atoms with Crippen molar-refractivity contribution in [1.82, 2.24) is 0 Å². The van der Waals surface area contributed by atoms with Crippen LogP contribution < -0.4 is 10.5 Å². The Labute approximate surface area is 105 Å². The molecule has 1 rings (SSSR count). The molecule has 0 saturated heterocycles. The van der Waals surface area contributed by atoms with Gasteiger partial charge in [-0.1, -0.05) is 0 Å². The Morgan fingerprint density at radius 2 is 1.67 bits per heavy atom. The molecule has 3 N–H and O–H groups in total. The summed E-state index contributed by atoms with van der Waals surface area (Å²) in [6, 6.07) is 7.09. The van der Waals surface area contributed by atoms with Crippen LogP contribution in [0.15, 0.2) is 24.3 Å². The smallest absolute Gasteiger partial charge is 0.329 e. The van der Waals surface area contributed by atoms with Gasteiger partial charge in [-0.15, -0.1) is 0 Å². The molecule has 0 saturated carbocycles. The standard InChI is InChI=1S/C12H17NO5/c13-10-1-3-11(4-2-10)18-8-7-16-5-6-17-9-12(14)15/h1-4H,5-9,13H2,(H,14,15). The van der Waals surface area contributed by atoms with Crippen molar-refractivity contribution in [2.75, 3.05) is 38.8 Å². The zero-order valence-corrected chi connectivity index (χ0v) is 10.0. The predicted octanol–water partition coefficient (Wildman–Crippen LogP) is 0.765. The summed E-state index contributed by atoms with van der Waals surface area (Å²) in [5.74, 6) is -0.253. The number of hydrogen-bond donors (Lipinski definition) is 2. The molecule has 0 spiro atoms. The molecule has 6 heteroatoms. The average molecular weight is 255 g/mol. The van der Waals surface area contributed by atoms with Crippen molar-refractivity contribution in [3.05, 3.63) is 24.3 Å². The number of nitrogens with two attached hydrogens (primary N) is 1. The molecular formula is C12H17NO5. The van der Waals surface area contributed by atoms with Gasteiger partial charge in [-0.2, -0.15) is 0 Å². The Bertz CT molecular complexity index is 352. The molecule has 1 aromatic rings. The van der Waals surface area contributed by atoms with Gasteiger partial charge in [-0.3, -0.25) is 0 Å². The van der Waals surface area contributed by atoms with Gasteiger partial charge in [0.25, 0.3) is 0 Å². The Balaban J connectivity index is 1.95. The Hall–Kier alpha value is -1.79. The van der Waals surface area contributed by atoms with Crippen LogP contribution in [0.1, 0.15) is 0 Å².